The van der Waals surface area contributed by atoms with E-state index in [2.05, 4.69) is 4.98 Å². The molecule has 1 aliphatic heterocycles. The summed E-state index contributed by atoms with van der Waals surface area (Å²) in [5, 5.41) is 2.34. The average molecular weight is 422 g/mol. The van der Waals surface area contributed by atoms with Crippen molar-refractivity contribution >= 4 is 49.2 Å². The largest absolute Gasteiger partial charge is 0.287 e. The summed E-state index contributed by atoms with van der Waals surface area (Å²) in [5.41, 5.74) is 0.734. The number of nitrogens with zero attached hydrogens (tertiary/aromatic N) is 3. The van der Waals surface area contributed by atoms with Crippen LogP contribution < -0.4 is 5.56 Å². The number of thiophene rings is 1. The summed E-state index contributed by atoms with van der Waals surface area (Å²) in [6.07, 6.45) is 0. The zero-order valence-corrected chi connectivity index (χ0v) is 16.7. The summed E-state index contributed by atoms with van der Waals surface area (Å²) in [7, 11) is -3.82. The molecule has 0 fully saturated rings. The highest BCUT2D eigenvalue weighted by Crippen LogP contribution is 2.30. The highest BCUT2D eigenvalue weighted by Gasteiger charge is 2.40. The maximum Gasteiger partial charge on any atom is 0.272 e. The van der Waals surface area contributed by atoms with Gasteiger partial charge in [-0.1, -0.05) is 23.9 Å². The molecule has 10 heteroatoms. The molecule has 0 atom stereocenters. The second kappa shape index (κ2) is 6.77. The van der Waals surface area contributed by atoms with Gasteiger partial charge in [0.25, 0.3) is 21.5 Å². The predicted molar refractivity (Wildman–Crippen MR) is 105 cm³/mol. The summed E-state index contributed by atoms with van der Waals surface area (Å²) < 4.78 is 28.2. The number of hydrogen-bond donors (Lipinski definition) is 0. The minimum Gasteiger partial charge on any atom is -0.287 e. The highest BCUT2D eigenvalue weighted by molar-refractivity contribution is 7.99. The molecule has 0 radical (unpaired) electrons. The van der Waals surface area contributed by atoms with Gasteiger partial charge in [0.05, 0.1) is 11.1 Å². The monoisotopic (exact) mass is 421 g/mol. The van der Waals surface area contributed by atoms with Crippen molar-refractivity contribution in [3.63, 3.8) is 0 Å². The number of rotatable bonds is 5. The Bertz CT molecular complexity index is 1210. The van der Waals surface area contributed by atoms with Crippen LogP contribution in [0.1, 0.15) is 17.3 Å². The van der Waals surface area contributed by atoms with Crippen LogP contribution in [0.5, 0.6) is 0 Å². The van der Waals surface area contributed by atoms with Gasteiger partial charge in [-0.25, -0.2) is 17.7 Å². The molecule has 1 amide bonds. The van der Waals surface area contributed by atoms with E-state index >= 15 is 0 Å². The van der Waals surface area contributed by atoms with Gasteiger partial charge in [-0.15, -0.1) is 11.3 Å². The molecular weight excluding hydrogens is 406 g/mol. The minimum absolute atomic E-state index is 0.0156. The third-order valence-electron chi connectivity index (χ3n) is 4.28. The van der Waals surface area contributed by atoms with Crippen molar-refractivity contribution in [1.29, 1.82) is 0 Å². The third-order valence-corrected chi connectivity index (χ3v) is 7.97. The SMILES string of the molecule is CCn1c(SCCN2C(=O)c3ccccc3S2(=O)=O)nc2ccsc2c1=O. The van der Waals surface area contributed by atoms with E-state index in [-0.39, 0.29) is 22.6 Å². The Morgan fingerprint density at radius 1 is 1.19 bits per heavy atom. The number of thioether (sulfide) groups is 1. The number of aromatic nitrogens is 2. The van der Waals surface area contributed by atoms with E-state index in [0.29, 0.717) is 27.7 Å². The topological polar surface area (TPSA) is 89.3 Å². The highest BCUT2D eigenvalue weighted by atomic mass is 32.2. The second-order valence-electron chi connectivity index (χ2n) is 5.81. The van der Waals surface area contributed by atoms with Crippen LogP contribution in [0.4, 0.5) is 0 Å². The quantitative estimate of drug-likeness (QED) is 0.464. The number of hydrogen-bond acceptors (Lipinski definition) is 7. The van der Waals surface area contributed by atoms with Crippen molar-refractivity contribution in [1.82, 2.24) is 13.9 Å². The molecular formula is C17H15N3O4S3. The van der Waals surface area contributed by atoms with Gasteiger partial charge < -0.3 is 0 Å². The van der Waals surface area contributed by atoms with Crippen molar-refractivity contribution < 1.29 is 13.2 Å². The van der Waals surface area contributed by atoms with Crippen LogP contribution in [-0.4, -0.2) is 40.5 Å². The Balaban J connectivity index is 1.57. The molecule has 0 spiro atoms. The van der Waals surface area contributed by atoms with E-state index in [4.69, 9.17) is 0 Å². The van der Waals surface area contributed by atoms with Gasteiger partial charge in [-0.2, -0.15) is 0 Å². The van der Waals surface area contributed by atoms with Gasteiger partial charge in [0.15, 0.2) is 5.16 Å². The molecule has 0 saturated heterocycles. The van der Waals surface area contributed by atoms with Gasteiger partial charge in [0.1, 0.15) is 9.60 Å². The van der Waals surface area contributed by atoms with E-state index < -0.39 is 15.9 Å². The normalized spacial score (nSPS) is 15.4. The second-order valence-corrected chi connectivity index (χ2v) is 9.61. The van der Waals surface area contributed by atoms with Crippen LogP contribution in [0.25, 0.3) is 10.2 Å². The van der Waals surface area contributed by atoms with Crippen molar-refractivity contribution in [2.75, 3.05) is 12.3 Å². The van der Waals surface area contributed by atoms with E-state index in [1.807, 2.05) is 12.3 Å². The molecule has 140 valence electrons. The van der Waals surface area contributed by atoms with Crippen molar-refractivity contribution in [3.05, 3.63) is 51.6 Å². The standard InChI is InChI=1S/C17H15N3O4S3/c1-2-19-16(22)14-12(7-9-25-14)18-17(19)26-10-8-20-15(21)11-5-3-4-6-13(11)27(20,23)24/h3-7,9H,2,8,10H2,1H3. The molecule has 4 rings (SSSR count). The number of benzene rings is 1. The molecule has 7 nitrogen and oxygen atoms in total. The van der Waals surface area contributed by atoms with Crippen LogP contribution in [0.2, 0.25) is 0 Å². The van der Waals surface area contributed by atoms with Gasteiger partial charge >= 0.3 is 0 Å². The summed E-state index contributed by atoms with van der Waals surface area (Å²) in [6.45, 7) is 2.34. The van der Waals surface area contributed by atoms with Crippen LogP contribution >= 0.6 is 23.1 Å². The Morgan fingerprint density at radius 3 is 2.70 bits per heavy atom. The van der Waals surface area contributed by atoms with Crippen LogP contribution in [-0.2, 0) is 16.6 Å². The van der Waals surface area contributed by atoms with E-state index in [1.165, 1.54) is 35.2 Å². The molecule has 1 aliphatic rings. The molecule has 27 heavy (non-hydrogen) atoms. The van der Waals surface area contributed by atoms with E-state index in [9.17, 15) is 18.0 Å². The number of carbonyl (C=O) groups excluding carboxylic acids is 1. The van der Waals surface area contributed by atoms with Crippen LogP contribution in [0.3, 0.4) is 0 Å². The minimum atomic E-state index is -3.82. The van der Waals surface area contributed by atoms with Crippen molar-refractivity contribution in [2.24, 2.45) is 0 Å². The summed E-state index contributed by atoms with van der Waals surface area (Å²) in [6, 6.07) is 7.99. The average Bonchev–Trinajstić information content (AvgIpc) is 3.20. The number of sulfonamides is 1. The van der Waals surface area contributed by atoms with Gasteiger partial charge in [-0.3, -0.25) is 14.2 Å². The molecule has 0 saturated carbocycles. The maximum atomic E-state index is 12.6. The molecule has 3 aromatic rings. The summed E-state index contributed by atoms with van der Waals surface area (Å²) in [4.78, 5) is 29.5. The third kappa shape index (κ3) is 2.88. The molecule has 0 bridgehead atoms. The zero-order valence-electron chi connectivity index (χ0n) is 14.3. The van der Waals surface area contributed by atoms with Gasteiger partial charge in [-0.05, 0) is 30.5 Å². The molecule has 2 aromatic heterocycles. The Morgan fingerprint density at radius 2 is 1.96 bits per heavy atom. The van der Waals surface area contributed by atoms with Crippen LogP contribution in [0, 0.1) is 0 Å². The lowest BCUT2D eigenvalue weighted by atomic mass is 10.2. The number of amides is 1. The van der Waals surface area contributed by atoms with E-state index in [0.717, 1.165) is 4.31 Å². The summed E-state index contributed by atoms with van der Waals surface area (Å²) in [5.74, 6) is -0.207. The fraction of sp³-hybridized carbons (Fsp3) is 0.235. The van der Waals surface area contributed by atoms with E-state index in [1.54, 1.807) is 22.8 Å². The summed E-state index contributed by atoms with van der Waals surface area (Å²) >= 11 is 2.62. The van der Waals surface area contributed by atoms with Gasteiger partial charge in [0, 0.05) is 18.8 Å². The maximum absolute atomic E-state index is 12.6. The smallest absolute Gasteiger partial charge is 0.272 e. The first kappa shape index (κ1) is 18.2. The number of carbonyl (C=O) groups is 1. The lowest BCUT2D eigenvalue weighted by molar-refractivity contribution is 0.0876. The van der Waals surface area contributed by atoms with Crippen molar-refractivity contribution in [2.45, 2.75) is 23.5 Å². The fourth-order valence-corrected chi connectivity index (χ4v) is 6.44. The van der Waals surface area contributed by atoms with Gasteiger partial charge in [0.2, 0.25) is 0 Å². The Labute approximate surface area is 163 Å². The molecule has 0 N–H and O–H groups in total. The Hall–Kier alpha value is -2.17. The molecule has 0 unspecified atom stereocenters. The first-order valence-electron chi connectivity index (χ1n) is 8.22. The molecule has 3 heterocycles. The predicted octanol–water partition coefficient (Wildman–Crippen LogP) is 2.41. The van der Waals surface area contributed by atoms with Crippen molar-refractivity contribution in [3.8, 4) is 0 Å². The number of fused-ring (bicyclic) bond motifs is 2. The first-order valence-corrected chi connectivity index (χ1v) is 11.5. The molecule has 0 aliphatic carbocycles. The zero-order chi connectivity index (χ0) is 19.2. The first-order chi connectivity index (χ1) is 12.9. The van der Waals surface area contributed by atoms with Crippen LogP contribution in [0.15, 0.2) is 50.6 Å². The Kier molecular flexibility index (Phi) is 4.57. The fourth-order valence-electron chi connectivity index (χ4n) is 2.98. The molecule has 1 aromatic carbocycles. The lowest BCUT2D eigenvalue weighted by Crippen LogP contribution is -2.32. The lowest BCUT2D eigenvalue weighted by Gasteiger charge is -2.15.